The van der Waals surface area contributed by atoms with E-state index in [-0.39, 0.29) is 57.6 Å². The summed E-state index contributed by atoms with van der Waals surface area (Å²) in [4.78, 5) is 5.12. The van der Waals surface area contributed by atoms with Gasteiger partial charge in [0.1, 0.15) is 0 Å². The van der Waals surface area contributed by atoms with Crippen LogP contribution in [0.3, 0.4) is 0 Å². The predicted octanol–water partition coefficient (Wildman–Crippen LogP) is 30.2. The Hall–Kier alpha value is -15.4. The molecule has 0 bridgehead atoms. The molecule has 0 fully saturated rings. The van der Waals surface area contributed by atoms with E-state index in [4.69, 9.17) is 0 Å². The molecule has 3 nitrogen and oxygen atoms in total. The van der Waals surface area contributed by atoms with Gasteiger partial charge in [-0.3, -0.25) is 0 Å². The average Bonchev–Trinajstić information content (AvgIpc) is 1.23. The summed E-state index contributed by atoms with van der Waals surface area (Å²) in [6, 6.07) is 146. The highest BCUT2D eigenvalue weighted by molar-refractivity contribution is 7.00. The maximum atomic E-state index is 10.5. The highest BCUT2D eigenvalue weighted by Gasteiger charge is 2.47. The zero-order valence-electron chi connectivity index (χ0n) is 74.7. The third-order valence-corrected chi connectivity index (χ3v) is 24.5. The predicted molar refractivity (Wildman–Crippen MR) is 519 cm³/mol. The van der Waals surface area contributed by atoms with Crippen LogP contribution in [-0.4, -0.2) is 11.3 Å². The third-order valence-electron chi connectivity index (χ3n) is 24.5. The topological polar surface area (TPSA) is 11.4 Å². The molecule has 19 aromatic carbocycles. The van der Waals surface area contributed by atoms with Crippen molar-refractivity contribution in [3.63, 3.8) is 0 Å². The van der Waals surface area contributed by atoms with Crippen molar-refractivity contribution in [2.75, 3.05) is 9.80 Å². The van der Waals surface area contributed by atoms with E-state index in [2.05, 4.69) is 407 Å². The van der Waals surface area contributed by atoms with E-state index in [1.54, 1.807) is 4.57 Å². The highest BCUT2D eigenvalue weighted by atomic mass is 15.2. The summed E-state index contributed by atoms with van der Waals surface area (Å²) in [5.74, 6) is 0. The summed E-state index contributed by atoms with van der Waals surface area (Å²) in [6.45, 7) is 6.33. The van der Waals surface area contributed by atoms with Gasteiger partial charge in [0, 0.05) is 61.5 Å². The number of aromatic nitrogens is 1. The van der Waals surface area contributed by atoms with Crippen LogP contribution in [0.25, 0.3) is 161 Å². The zero-order chi connectivity index (χ0) is 87.5. The minimum absolute atomic E-state index is 0.0918. The fourth-order valence-electron chi connectivity index (χ4n) is 18.6. The molecule has 0 saturated heterocycles. The van der Waals surface area contributed by atoms with Gasteiger partial charge in [0.25, 0.3) is 6.71 Å². The van der Waals surface area contributed by atoms with Gasteiger partial charge in [-0.05, 0) is 242 Å². The van der Waals surface area contributed by atoms with Crippen molar-refractivity contribution in [1.29, 1.82) is 0 Å². The molecule has 3 heterocycles. The van der Waals surface area contributed by atoms with Crippen LogP contribution in [-0.2, 0) is 5.41 Å². The van der Waals surface area contributed by atoms with E-state index in [0.29, 0.717) is 11.3 Å². The first-order valence-corrected chi connectivity index (χ1v) is 41.9. The summed E-state index contributed by atoms with van der Waals surface area (Å²) < 4.78 is 71.9. The quantitative estimate of drug-likeness (QED) is 0.0948. The van der Waals surface area contributed by atoms with Crippen molar-refractivity contribution in [3.05, 3.63) is 460 Å². The van der Waals surface area contributed by atoms with Gasteiger partial charge in [-0.1, -0.05) is 373 Å². The van der Waals surface area contributed by atoms with Crippen LogP contribution in [0, 0.1) is 0 Å². The maximum absolute atomic E-state index is 10.5. The summed E-state index contributed by atoms with van der Waals surface area (Å²) in [6.07, 6.45) is 0. The van der Waals surface area contributed by atoms with E-state index >= 15 is 0 Å². The molecule has 574 valence electrons. The maximum Gasteiger partial charge on any atom is 0.252 e. The molecule has 0 spiro atoms. The number of para-hydroxylation sites is 1. The Balaban J connectivity index is 0.931. The molecular formula is C118H84BN3. The number of fused-ring (bicyclic) bond motifs is 7. The van der Waals surface area contributed by atoms with Crippen LogP contribution in [0.15, 0.2) is 455 Å². The van der Waals surface area contributed by atoms with Crippen LogP contribution in [0.4, 0.5) is 34.1 Å². The van der Waals surface area contributed by atoms with Crippen molar-refractivity contribution in [2.24, 2.45) is 0 Å². The van der Waals surface area contributed by atoms with E-state index in [0.717, 1.165) is 178 Å². The number of nitrogens with zero attached hydrogens (tertiary/aromatic N) is 3. The van der Waals surface area contributed by atoms with E-state index in [9.17, 15) is 9.60 Å². The molecule has 0 unspecified atom stereocenters. The van der Waals surface area contributed by atoms with E-state index in [1.165, 1.54) is 0 Å². The van der Waals surface area contributed by atoms with Gasteiger partial charge in [0.2, 0.25) is 0 Å². The van der Waals surface area contributed by atoms with Gasteiger partial charge in [0.15, 0.2) is 0 Å². The molecule has 0 amide bonds. The zero-order valence-corrected chi connectivity index (χ0v) is 67.7. The van der Waals surface area contributed by atoms with Crippen molar-refractivity contribution in [3.8, 4) is 139 Å². The molecular weight excluding hydrogens is 1470 g/mol. The van der Waals surface area contributed by atoms with E-state index < -0.39 is 24.2 Å². The first-order valence-electron chi connectivity index (χ1n) is 45.4. The number of hydrogen-bond acceptors (Lipinski definition) is 2. The fraction of sp³-hybridized carbons (Fsp3) is 0.0339. The lowest BCUT2D eigenvalue weighted by Gasteiger charge is -2.46. The minimum atomic E-state index is -0.584. The largest absolute Gasteiger partial charge is 0.310 e. The second kappa shape index (κ2) is 30.5. The smallest absolute Gasteiger partial charge is 0.252 e. The lowest BCUT2D eigenvalue weighted by molar-refractivity contribution is 0.590. The van der Waals surface area contributed by atoms with Gasteiger partial charge < -0.3 is 14.4 Å². The molecule has 22 rings (SSSR count). The van der Waals surface area contributed by atoms with Crippen LogP contribution < -0.4 is 26.2 Å². The van der Waals surface area contributed by atoms with Crippen molar-refractivity contribution < 1.29 is 9.60 Å². The molecule has 0 radical (unpaired) electrons. The number of rotatable bonds is 15. The molecule has 2 aliphatic heterocycles. The summed E-state index contributed by atoms with van der Waals surface area (Å²) in [5.41, 5.74) is 33.0. The Kier molecular flexibility index (Phi) is 16.4. The van der Waals surface area contributed by atoms with Crippen LogP contribution in [0.1, 0.15) is 35.9 Å². The molecule has 0 N–H and O–H groups in total. The SMILES string of the molecule is [2H]c1c([2H])c([2H])c2c(c1[2H])c1c([2H])c(-c3ccccc3)c([2H])c([2H])c1n2-c1ccc2c(c1)N(c1c(-c3ccccc3)cc(-c3ccccc3)cc1-c1ccccc1)c1cc(C(C)(C)C)cc3c1B2c1cc(-c2cc(-c4ccccc4)cc(-c4ccccc4)c2)ccc1N3c1c(-c2cccc(-c3ccccc3)c2)cc(-c2ccccc2)cc1-c1cccc(-c2ccccc2)c1. The molecule has 2 aliphatic rings. The lowest BCUT2D eigenvalue weighted by atomic mass is 9.33. The average molecular weight is 1560 g/mol. The Morgan fingerprint density at radius 3 is 1.02 bits per heavy atom. The molecule has 1 aromatic heterocycles. The molecule has 0 atom stereocenters. The minimum Gasteiger partial charge on any atom is -0.310 e. The highest BCUT2D eigenvalue weighted by Crippen LogP contribution is 2.56. The molecule has 0 aliphatic carbocycles. The first kappa shape index (κ1) is 65.7. The Morgan fingerprint density at radius 1 is 0.238 bits per heavy atom. The van der Waals surface area contributed by atoms with Crippen molar-refractivity contribution >= 4 is 79.0 Å². The monoisotopic (exact) mass is 1560 g/mol. The number of anilines is 6. The molecule has 122 heavy (non-hydrogen) atoms. The van der Waals surface area contributed by atoms with E-state index in [1.807, 2.05) is 36.4 Å². The summed E-state index contributed by atoms with van der Waals surface area (Å²) in [5, 5.41) is 0.246. The van der Waals surface area contributed by atoms with Gasteiger partial charge in [0.05, 0.1) is 32.0 Å². The fourth-order valence-corrected chi connectivity index (χ4v) is 18.6. The summed E-state index contributed by atoms with van der Waals surface area (Å²) >= 11 is 0. The number of hydrogen-bond donors (Lipinski definition) is 0. The molecule has 20 aromatic rings. The van der Waals surface area contributed by atoms with Crippen LogP contribution >= 0.6 is 0 Å². The van der Waals surface area contributed by atoms with Crippen LogP contribution in [0.5, 0.6) is 0 Å². The molecule has 0 saturated carbocycles. The third kappa shape index (κ3) is 13.1. The van der Waals surface area contributed by atoms with Crippen molar-refractivity contribution in [1.82, 2.24) is 4.57 Å². The van der Waals surface area contributed by atoms with Crippen molar-refractivity contribution in [2.45, 2.75) is 26.2 Å². The van der Waals surface area contributed by atoms with Gasteiger partial charge in [-0.2, -0.15) is 0 Å². The summed E-state index contributed by atoms with van der Waals surface area (Å²) in [7, 11) is 0. The second-order valence-electron chi connectivity index (χ2n) is 32.9. The Labute approximate surface area is 724 Å². The van der Waals surface area contributed by atoms with Gasteiger partial charge >= 0.3 is 0 Å². The van der Waals surface area contributed by atoms with Gasteiger partial charge in [-0.15, -0.1) is 0 Å². The normalized spacial score (nSPS) is 13.0. The van der Waals surface area contributed by atoms with Crippen LogP contribution in [0.2, 0.25) is 0 Å². The number of benzene rings is 19. The standard InChI is InChI=1S/C118H84BN3/c1-118(2,3)99-76-113-115-114(77-99)122(116-102(86-49-27-11-28-50-86)71-97(84-45-23-9-24-46-84)72-103(116)87-51-29-12-30-52-87)112-78-100(120-109-58-32-31-57-101(109)106-70-90(59-63-110(106)120)81-39-17-6-18-40-81)61-62-107(112)119(115)108-75-91(96-68-94(82-41-19-7-20-42-82)67-95(69-96)83-43-21-8-22-44-83)60-64-111(108)121(113)117-104(92-55-33-53-88(65-92)79-35-13-4-14-36-79)73-98(85-47-25-10-26-48-85)74-105(117)93-56-34-54-89(66-93)80-37-15-5-16-38-80/h4-78H,1-3H3/i31D,32D,57D,58D,59D,63D,70D. The lowest BCUT2D eigenvalue weighted by Crippen LogP contribution is -2.61. The Morgan fingerprint density at radius 2 is 0.582 bits per heavy atom. The van der Waals surface area contributed by atoms with Gasteiger partial charge in [-0.25, -0.2) is 0 Å². The second-order valence-corrected chi connectivity index (χ2v) is 32.9. The Bertz CT molecular complexity index is 7600. The molecule has 4 heteroatoms. The first-order chi connectivity index (χ1) is 63.1.